The zero-order chi connectivity index (χ0) is 21.9. The van der Waals surface area contributed by atoms with Gasteiger partial charge in [-0.15, -0.1) is 0 Å². The third-order valence-corrected chi connectivity index (χ3v) is 6.90. The van der Waals surface area contributed by atoms with E-state index in [0.717, 1.165) is 25.9 Å². The van der Waals surface area contributed by atoms with Gasteiger partial charge in [-0.25, -0.2) is 14.7 Å². The van der Waals surface area contributed by atoms with Gasteiger partial charge in [-0.2, -0.15) is 0 Å². The molecular weight excluding hydrogens is 402 g/mol. The third-order valence-electron chi connectivity index (χ3n) is 6.90. The Hall–Kier alpha value is -2.93. The van der Waals surface area contributed by atoms with E-state index in [1.165, 1.54) is 45.3 Å². The quantitative estimate of drug-likeness (QED) is 0.771. The van der Waals surface area contributed by atoms with E-state index in [-0.39, 0.29) is 11.9 Å². The fraction of sp³-hybridized carbons (Fsp3) is 0.480. The maximum Gasteiger partial charge on any atom is 0.330 e. The van der Waals surface area contributed by atoms with Crippen molar-refractivity contribution in [2.75, 3.05) is 42.9 Å². The number of anilines is 3. The lowest BCUT2D eigenvalue weighted by molar-refractivity contribution is 0.102. The van der Waals surface area contributed by atoms with E-state index < -0.39 is 0 Å². The van der Waals surface area contributed by atoms with E-state index in [1.807, 2.05) is 29.2 Å². The maximum atomic E-state index is 13.8. The summed E-state index contributed by atoms with van der Waals surface area (Å²) in [4.78, 5) is 37.2. The molecular formula is C25H31N5O2. The van der Waals surface area contributed by atoms with E-state index >= 15 is 0 Å². The second kappa shape index (κ2) is 9.28. The molecule has 0 bridgehead atoms. The molecule has 1 N–H and O–H groups in total. The van der Waals surface area contributed by atoms with Crippen LogP contribution in [0.25, 0.3) is 0 Å². The number of urea groups is 1. The number of fused-ring (bicyclic) bond motifs is 2. The van der Waals surface area contributed by atoms with Gasteiger partial charge in [-0.3, -0.25) is 4.79 Å². The van der Waals surface area contributed by atoms with Gasteiger partial charge in [-0.1, -0.05) is 12.1 Å². The predicted molar refractivity (Wildman–Crippen MR) is 125 cm³/mol. The van der Waals surface area contributed by atoms with Crippen molar-refractivity contribution >= 4 is 29.1 Å². The Bertz CT molecular complexity index is 988. The number of nitrogens with zero attached hydrogens (tertiary/aromatic N) is 4. The number of aromatic nitrogens is 1. The number of nitrogens with one attached hydrogen (secondary N) is 1. The van der Waals surface area contributed by atoms with Gasteiger partial charge in [-0.05, 0) is 88.3 Å². The van der Waals surface area contributed by atoms with Crippen LogP contribution in [0.5, 0.6) is 0 Å². The van der Waals surface area contributed by atoms with E-state index in [4.69, 9.17) is 0 Å². The zero-order valence-electron chi connectivity index (χ0n) is 18.5. The average Bonchev–Trinajstić information content (AvgIpc) is 3.30. The van der Waals surface area contributed by atoms with Gasteiger partial charge >= 0.3 is 6.03 Å². The van der Waals surface area contributed by atoms with Crippen molar-refractivity contribution in [1.29, 1.82) is 0 Å². The van der Waals surface area contributed by atoms with E-state index in [9.17, 15) is 9.59 Å². The summed E-state index contributed by atoms with van der Waals surface area (Å²) in [5.41, 5.74) is 1.71. The number of para-hydroxylation sites is 2. The van der Waals surface area contributed by atoms with Crippen LogP contribution in [0.4, 0.5) is 22.0 Å². The Balaban J connectivity index is 1.35. The van der Waals surface area contributed by atoms with Gasteiger partial charge in [0.15, 0.2) is 5.82 Å². The van der Waals surface area contributed by atoms with Gasteiger partial charge in [0.2, 0.25) is 0 Å². The number of carbonyl (C=O) groups is 2. The second-order valence-corrected chi connectivity index (χ2v) is 9.11. The summed E-state index contributed by atoms with van der Waals surface area (Å²) in [5.74, 6) is 0.686. The van der Waals surface area contributed by atoms with Gasteiger partial charge in [0.25, 0.3) is 5.91 Å². The molecule has 1 aromatic heterocycles. The molecule has 3 amide bonds. The highest BCUT2D eigenvalue weighted by Crippen LogP contribution is 2.37. The fourth-order valence-electron chi connectivity index (χ4n) is 5.25. The van der Waals surface area contributed by atoms with Crippen LogP contribution < -0.4 is 10.2 Å². The molecule has 3 aliphatic heterocycles. The first-order valence-corrected chi connectivity index (χ1v) is 11.9. The van der Waals surface area contributed by atoms with Gasteiger partial charge < -0.3 is 15.1 Å². The lowest BCUT2D eigenvalue weighted by Crippen LogP contribution is -2.46. The lowest BCUT2D eigenvalue weighted by Gasteiger charge is -2.36. The number of rotatable bonds is 4. The van der Waals surface area contributed by atoms with E-state index in [2.05, 4.69) is 15.2 Å². The van der Waals surface area contributed by atoms with Crippen molar-refractivity contribution in [2.45, 2.75) is 38.5 Å². The minimum atomic E-state index is -0.241. The summed E-state index contributed by atoms with van der Waals surface area (Å²) in [5, 5.41) is 2.93. The first-order chi connectivity index (χ1) is 15.7. The summed E-state index contributed by atoms with van der Waals surface area (Å²) in [7, 11) is 0. The minimum absolute atomic E-state index is 0.0989. The molecule has 7 heteroatoms. The molecule has 168 valence electrons. The maximum absolute atomic E-state index is 13.8. The molecule has 32 heavy (non-hydrogen) atoms. The molecule has 1 aromatic carbocycles. The number of amides is 3. The van der Waals surface area contributed by atoms with Crippen molar-refractivity contribution in [3.05, 3.63) is 48.2 Å². The first kappa shape index (κ1) is 20.9. The molecule has 5 rings (SSSR count). The average molecular weight is 434 g/mol. The van der Waals surface area contributed by atoms with Crippen LogP contribution in [0.15, 0.2) is 42.6 Å². The normalized spacial score (nSPS) is 21.0. The second-order valence-electron chi connectivity index (χ2n) is 9.11. The van der Waals surface area contributed by atoms with Gasteiger partial charge in [0.1, 0.15) is 0 Å². The summed E-state index contributed by atoms with van der Waals surface area (Å²) in [6.07, 6.45) is 8.84. The van der Waals surface area contributed by atoms with Crippen molar-refractivity contribution in [1.82, 2.24) is 14.8 Å². The summed E-state index contributed by atoms with van der Waals surface area (Å²) in [6.45, 7) is 5.16. The highest BCUT2D eigenvalue weighted by molar-refractivity contribution is 6.16. The van der Waals surface area contributed by atoms with Gasteiger partial charge in [0.05, 0.1) is 16.9 Å². The molecule has 1 unspecified atom stereocenters. The van der Waals surface area contributed by atoms with Crippen molar-refractivity contribution < 1.29 is 9.59 Å². The minimum Gasteiger partial charge on any atom is -0.324 e. The Morgan fingerprint density at radius 3 is 2.78 bits per heavy atom. The van der Waals surface area contributed by atoms with Gasteiger partial charge in [0, 0.05) is 19.3 Å². The monoisotopic (exact) mass is 433 g/mol. The number of hydrogen-bond donors (Lipinski definition) is 1. The highest BCUT2D eigenvalue weighted by Gasteiger charge is 2.34. The van der Waals surface area contributed by atoms with Crippen molar-refractivity contribution in [3.8, 4) is 0 Å². The Labute approximate surface area is 189 Å². The first-order valence-electron chi connectivity index (χ1n) is 11.9. The third kappa shape index (κ3) is 4.21. The standard InChI is InChI=1S/C25H31N5O2/c31-24-20-10-5-13-26-23(20)30(22-12-2-1-11-21(22)27-24)25(32)29-17-7-9-19(18-29)8-6-16-28-14-3-4-15-28/h1-2,5,10-13,19H,3-4,6-9,14-18H2,(H,27,31). The summed E-state index contributed by atoms with van der Waals surface area (Å²) >= 11 is 0. The van der Waals surface area contributed by atoms with Crippen LogP contribution in [0.1, 0.15) is 48.9 Å². The largest absolute Gasteiger partial charge is 0.330 e. The van der Waals surface area contributed by atoms with Crippen LogP contribution in [-0.2, 0) is 0 Å². The fourth-order valence-corrected chi connectivity index (χ4v) is 5.25. The number of benzene rings is 1. The molecule has 1 atom stereocenters. The zero-order valence-corrected chi connectivity index (χ0v) is 18.5. The van der Waals surface area contributed by atoms with E-state index in [1.54, 1.807) is 23.2 Å². The Kier molecular flexibility index (Phi) is 6.08. The van der Waals surface area contributed by atoms with Crippen LogP contribution >= 0.6 is 0 Å². The topological polar surface area (TPSA) is 68.8 Å². The number of carbonyl (C=O) groups excluding carboxylic acids is 2. The number of hydrogen-bond acceptors (Lipinski definition) is 4. The molecule has 2 saturated heterocycles. The summed E-state index contributed by atoms with van der Waals surface area (Å²) in [6, 6.07) is 10.8. The number of piperidine rings is 1. The Morgan fingerprint density at radius 1 is 1.06 bits per heavy atom. The van der Waals surface area contributed by atoms with Crippen LogP contribution in [-0.4, -0.2) is 59.4 Å². The van der Waals surface area contributed by atoms with Crippen LogP contribution in [0.2, 0.25) is 0 Å². The molecule has 3 aliphatic rings. The smallest absolute Gasteiger partial charge is 0.324 e. The van der Waals surface area contributed by atoms with Crippen molar-refractivity contribution in [2.24, 2.45) is 5.92 Å². The van der Waals surface area contributed by atoms with E-state index in [0.29, 0.717) is 28.7 Å². The van der Waals surface area contributed by atoms with Crippen LogP contribution in [0.3, 0.4) is 0 Å². The highest BCUT2D eigenvalue weighted by atomic mass is 16.2. The van der Waals surface area contributed by atoms with Crippen molar-refractivity contribution in [3.63, 3.8) is 0 Å². The number of pyridine rings is 1. The molecule has 0 radical (unpaired) electrons. The molecule has 2 fully saturated rings. The molecule has 2 aromatic rings. The Morgan fingerprint density at radius 2 is 1.91 bits per heavy atom. The molecule has 4 heterocycles. The number of likely N-dealkylation sites (tertiary alicyclic amines) is 2. The predicted octanol–water partition coefficient (Wildman–Crippen LogP) is 4.49. The molecule has 0 saturated carbocycles. The molecule has 7 nitrogen and oxygen atoms in total. The summed E-state index contributed by atoms with van der Waals surface area (Å²) < 4.78 is 0. The SMILES string of the molecule is O=C1Nc2ccccc2N(C(=O)N2CCCC(CCCN3CCCC3)C2)c2ncccc21. The molecule has 0 aliphatic carbocycles. The lowest BCUT2D eigenvalue weighted by atomic mass is 9.93. The van der Waals surface area contributed by atoms with Crippen LogP contribution in [0, 0.1) is 5.92 Å². The molecule has 0 spiro atoms.